The van der Waals surface area contributed by atoms with E-state index >= 15 is 0 Å². The van der Waals surface area contributed by atoms with Crippen LogP contribution in [0.2, 0.25) is 0 Å². The van der Waals surface area contributed by atoms with Crippen LogP contribution in [0.25, 0.3) is 10.9 Å². The van der Waals surface area contributed by atoms with Gasteiger partial charge in [-0.15, -0.1) is 0 Å². The molecule has 3 aromatic rings. The maximum atomic E-state index is 9.97. The number of carbonyl (C=O) groups is 1. The topological polar surface area (TPSA) is 32.9 Å². The molecule has 0 atom stereocenters. The summed E-state index contributed by atoms with van der Waals surface area (Å²) < 4.78 is 0. The van der Waals surface area contributed by atoms with E-state index in [9.17, 15) is 4.79 Å². The number of para-hydroxylation sites is 1. The fraction of sp³-hybridized carbons (Fsp3) is 0.0625. The van der Waals surface area contributed by atoms with E-state index in [1.54, 1.807) is 0 Å². The molecule has 90 valence electrons. The molecule has 1 aromatic heterocycles. The van der Waals surface area contributed by atoms with Crippen molar-refractivity contribution in [2.75, 3.05) is 0 Å². The van der Waals surface area contributed by atoms with Crippen molar-refractivity contribution in [1.29, 1.82) is 0 Å². The van der Waals surface area contributed by atoms with E-state index in [0.717, 1.165) is 11.8 Å². The van der Waals surface area contributed by atoms with Crippen LogP contribution in [-0.4, -0.2) is 11.3 Å². The highest BCUT2D eigenvalue weighted by Gasteiger charge is 1.86. The van der Waals surface area contributed by atoms with Gasteiger partial charge in [-0.05, 0) is 23.1 Å². The van der Waals surface area contributed by atoms with Gasteiger partial charge in [-0.1, -0.05) is 48.5 Å². The van der Waals surface area contributed by atoms with E-state index in [4.69, 9.17) is 0 Å². The predicted octanol–water partition coefficient (Wildman–Crippen LogP) is 3.60. The first-order chi connectivity index (χ1) is 8.90. The Balaban J connectivity index is 0.000000134. The molecule has 0 radical (unpaired) electrons. The van der Waals surface area contributed by atoms with Crippen LogP contribution in [0.1, 0.15) is 5.56 Å². The smallest absolute Gasteiger partial charge is 0.124 e. The summed E-state index contributed by atoms with van der Waals surface area (Å²) in [5, 5.41) is 1.28. The maximum Gasteiger partial charge on any atom is 0.124 e. The van der Waals surface area contributed by atoms with Gasteiger partial charge in [0.2, 0.25) is 0 Å². The van der Waals surface area contributed by atoms with Crippen LogP contribution in [0, 0.1) is 0 Å². The number of H-pyrrole nitrogens is 1. The lowest BCUT2D eigenvalue weighted by Gasteiger charge is -1.89. The second-order valence-corrected chi connectivity index (χ2v) is 3.92. The Morgan fingerprint density at radius 2 is 1.61 bits per heavy atom. The molecule has 0 bridgehead atoms. The van der Waals surface area contributed by atoms with Crippen molar-refractivity contribution in [3.63, 3.8) is 0 Å². The SMILES string of the molecule is O=CCc1ccccc1.c1ccc2[nH]ccc2c1. The molecular weight excluding hydrogens is 222 g/mol. The van der Waals surface area contributed by atoms with Crippen LogP contribution in [0.15, 0.2) is 66.9 Å². The lowest BCUT2D eigenvalue weighted by atomic mass is 10.2. The Labute approximate surface area is 106 Å². The number of hydrogen-bond donors (Lipinski definition) is 1. The van der Waals surface area contributed by atoms with Crippen LogP contribution in [-0.2, 0) is 11.2 Å². The minimum Gasteiger partial charge on any atom is -0.361 e. The highest BCUT2D eigenvalue weighted by molar-refractivity contribution is 5.78. The molecule has 2 heteroatoms. The lowest BCUT2D eigenvalue weighted by Crippen LogP contribution is -1.82. The van der Waals surface area contributed by atoms with Crippen molar-refractivity contribution < 1.29 is 4.79 Å². The molecule has 0 unspecified atom stereocenters. The molecule has 0 aliphatic carbocycles. The second kappa shape index (κ2) is 6.40. The molecule has 0 amide bonds. The zero-order valence-corrected chi connectivity index (χ0v) is 10.0. The van der Waals surface area contributed by atoms with E-state index in [1.807, 2.05) is 48.7 Å². The third kappa shape index (κ3) is 3.32. The number of fused-ring (bicyclic) bond motifs is 1. The molecule has 0 saturated heterocycles. The molecule has 2 aromatic carbocycles. The summed E-state index contributed by atoms with van der Waals surface area (Å²) in [5.74, 6) is 0. The number of nitrogens with one attached hydrogen (secondary N) is 1. The molecule has 0 aliphatic heterocycles. The molecule has 1 heterocycles. The zero-order valence-electron chi connectivity index (χ0n) is 10.0. The van der Waals surface area contributed by atoms with Crippen molar-refractivity contribution in [3.8, 4) is 0 Å². The molecule has 0 spiro atoms. The second-order valence-electron chi connectivity index (χ2n) is 3.92. The van der Waals surface area contributed by atoms with Crippen LogP contribution in [0.3, 0.4) is 0 Å². The van der Waals surface area contributed by atoms with E-state index in [2.05, 4.69) is 23.2 Å². The van der Waals surface area contributed by atoms with E-state index in [0.29, 0.717) is 6.42 Å². The third-order valence-electron chi connectivity index (χ3n) is 2.62. The summed E-state index contributed by atoms with van der Waals surface area (Å²) in [4.78, 5) is 13.1. The summed E-state index contributed by atoms with van der Waals surface area (Å²) >= 11 is 0. The van der Waals surface area contributed by atoms with Gasteiger partial charge >= 0.3 is 0 Å². The Hall–Kier alpha value is -2.35. The first-order valence-electron chi connectivity index (χ1n) is 5.90. The first kappa shape index (κ1) is 12.1. The number of benzene rings is 2. The quantitative estimate of drug-likeness (QED) is 0.679. The summed E-state index contributed by atoms with van der Waals surface area (Å²) in [5.41, 5.74) is 2.28. The van der Waals surface area contributed by atoms with Crippen molar-refractivity contribution in [1.82, 2.24) is 4.98 Å². The fourth-order valence-corrected chi connectivity index (χ4v) is 1.71. The first-order valence-corrected chi connectivity index (χ1v) is 5.90. The van der Waals surface area contributed by atoms with E-state index in [-0.39, 0.29) is 0 Å². The van der Waals surface area contributed by atoms with Gasteiger partial charge in [0.05, 0.1) is 0 Å². The lowest BCUT2D eigenvalue weighted by molar-refractivity contribution is -0.107. The van der Waals surface area contributed by atoms with Crippen molar-refractivity contribution in [2.24, 2.45) is 0 Å². The molecule has 18 heavy (non-hydrogen) atoms. The molecule has 0 fully saturated rings. The van der Waals surface area contributed by atoms with E-state index in [1.165, 1.54) is 10.9 Å². The van der Waals surface area contributed by atoms with Crippen molar-refractivity contribution in [2.45, 2.75) is 6.42 Å². The number of rotatable bonds is 2. The molecule has 0 saturated carbocycles. The number of aldehydes is 1. The zero-order chi connectivity index (χ0) is 12.6. The molecule has 3 rings (SSSR count). The summed E-state index contributed by atoms with van der Waals surface area (Å²) in [6.45, 7) is 0. The number of carbonyl (C=O) groups excluding carboxylic acids is 1. The van der Waals surface area contributed by atoms with Gasteiger partial charge in [-0.25, -0.2) is 0 Å². The van der Waals surface area contributed by atoms with Gasteiger partial charge in [0.1, 0.15) is 6.29 Å². The summed E-state index contributed by atoms with van der Waals surface area (Å²) in [7, 11) is 0. The van der Waals surface area contributed by atoms with Crippen LogP contribution >= 0.6 is 0 Å². The van der Waals surface area contributed by atoms with Gasteiger partial charge in [-0.2, -0.15) is 0 Å². The molecule has 2 nitrogen and oxygen atoms in total. The fourth-order valence-electron chi connectivity index (χ4n) is 1.71. The van der Waals surface area contributed by atoms with Crippen LogP contribution in [0.4, 0.5) is 0 Å². The molecule has 0 aliphatic rings. The Kier molecular flexibility index (Phi) is 4.31. The Morgan fingerprint density at radius 3 is 2.33 bits per heavy atom. The van der Waals surface area contributed by atoms with Crippen LogP contribution < -0.4 is 0 Å². The number of hydrogen-bond acceptors (Lipinski definition) is 1. The standard InChI is InChI=1S/C8H7N.C8H8O/c1-2-4-8-7(3-1)5-6-9-8;9-7-6-8-4-2-1-3-5-8/h1-6,9H;1-5,7H,6H2. The normalized spacial score (nSPS) is 9.56. The van der Waals surface area contributed by atoms with Gasteiger partial charge in [-0.3, -0.25) is 0 Å². The number of aromatic amines is 1. The molecule has 1 N–H and O–H groups in total. The largest absolute Gasteiger partial charge is 0.361 e. The average Bonchev–Trinajstić information content (AvgIpc) is 2.89. The van der Waals surface area contributed by atoms with Gasteiger partial charge in [0, 0.05) is 18.1 Å². The predicted molar refractivity (Wildman–Crippen MR) is 74.5 cm³/mol. The van der Waals surface area contributed by atoms with Crippen molar-refractivity contribution >= 4 is 17.2 Å². The highest BCUT2D eigenvalue weighted by Crippen LogP contribution is 2.09. The third-order valence-corrected chi connectivity index (χ3v) is 2.62. The van der Waals surface area contributed by atoms with Gasteiger partial charge in [0.25, 0.3) is 0 Å². The monoisotopic (exact) mass is 237 g/mol. The van der Waals surface area contributed by atoms with E-state index < -0.39 is 0 Å². The summed E-state index contributed by atoms with van der Waals surface area (Å²) in [6, 6.07) is 20.0. The van der Waals surface area contributed by atoms with Crippen LogP contribution in [0.5, 0.6) is 0 Å². The minimum absolute atomic E-state index is 0.529. The highest BCUT2D eigenvalue weighted by atomic mass is 16.1. The summed E-state index contributed by atoms with van der Waals surface area (Å²) in [6.07, 6.45) is 3.39. The van der Waals surface area contributed by atoms with Gasteiger partial charge < -0.3 is 9.78 Å². The minimum atomic E-state index is 0.529. The molecular formula is C16H15NO. The van der Waals surface area contributed by atoms with Crippen molar-refractivity contribution in [3.05, 3.63) is 72.4 Å². The Morgan fingerprint density at radius 1 is 0.889 bits per heavy atom. The maximum absolute atomic E-state index is 9.97. The number of aromatic nitrogens is 1. The van der Waals surface area contributed by atoms with Gasteiger partial charge in [0.15, 0.2) is 0 Å². The Bertz CT molecular complexity index is 568. The average molecular weight is 237 g/mol.